The molecular weight excluding hydrogens is 740 g/mol. The van der Waals surface area contributed by atoms with E-state index >= 15 is 4.79 Å². The fraction of sp³-hybridized carbons (Fsp3) is 0.548. The second-order valence-electron chi connectivity index (χ2n) is 17.1. The van der Waals surface area contributed by atoms with Crippen LogP contribution in [0.4, 0.5) is 4.79 Å². The molecule has 3 saturated heterocycles. The molecule has 3 heterocycles. The molecule has 5 N–H and O–H groups in total. The van der Waals surface area contributed by atoms with Crippen molar-refractivity contribution < 1.29 is 63.0 Å². The molecule has 4 fully saturated rings. The lowest BCUT2D eigenvalue weighted by Crippen LogP contribution is -2.79. The number of carbonyl (C=O) groups excluding carboxylic acids is 5. The number of carbonyl (C=O) groups is 5. The maximum Gasteiger partial charge on any atom is 0.408 e. The van der Waals surface area contributed by atoms with Crippen LogP contribution < -0.4 is 10.6 Å². The molecule has 15 nitrogen and oxygen atoms in total. The van der Waals surface area contributed by atoms with Crippen LogP contribution in [-0.2, 0) is 38.1 Å². The minimum atomic E-state index is -2.47. The van der Waals surface area contributed by atoms with Crippen molar-refractivity contribution in [2.75, 3.05) is 13.2 Å². The summed E-state index contributed by atoms with van der Waals surface area (Å²) in [7, 11) is 0. The average Bonchev–Trinajstić information content (AvgIpc) is 3.32. The number of rotatable bonds is 9. The molecule has 308 valence electrons. The second kappa shape index (κ2) is 14.9. The molecule has 15 heteroatoms. The van der Waals surface area contributed by atoms with E-state index in [9.17, 15) is 34.5 Å². The number of hydrogen-bond acceptors (Lipinski definition) is 13. The number of ketones is 1. The van der Waals surface area contributed by atoms with Gasteiger partial charge in [-0.25, -0.2) is 9.59 Å². The summed E-state index contributed by atoms with van der Waals surface area (Å²) in [5.41, 5.74) is -4.62. The average molecular weight is 793 g/mol. The zero-order chi connectivity index (χ0) is 41.9. The van der Waals surface area contributed by atoms with E-state index in [1.165, 1.54) is 26.0 Å². The standard InChI is InChI=1S/C42H52N2O13/c1-22(20-43-35(49)30(47)29(24-15-11-9-12-16-24)44-37(51)57-38(3,4)5)28-31-33(48)40(8)26(46)19-27-41(21-53-27,55-23(2)45)32(40)34(42(52,56-31)39(28,6)7)54-36(50)25-17-13-10-14-18-25/h9-18,26-27,29-32,34,46-47,52H,19-21H2,1-8H3,(H,43,49)(H,44,51)/b28-22-/t26-,27+,29-,30+,31+,32?,34-,40+,41-,42+/m0/s1. The predicted molar refractivity (Wildman–Crippen MR) is 201 cm³/mol. The molecule has 0 spiro atoms. The Kier molecular flexibility index (Phi) is 11.0. The molecule has 57 heavy (non-hydrogen) atoms. The SMILES string of the molecule is CC(=O)O[C@@]12CO[C@@H]1C[C@H](O)[C@@]1(C)C(=O)[C@@H]3O[C@](O)([C@@H](OC(=O)c4ccccc4)C12)C(C)(C)/C3=C(/C)CNC(=O)[C@H](O)[C@@H](NC(=O)OC(C)(C)C)c1ccccc1. The Hall–Kier alpha value is -4.67. The van der Waals surface area contributed by atoms with Crippen LogP contribution in [0.3, 0.4) is 0 Å². The van der Waals surface area contributed by atoms with E-state index in [1.54, 1.807) is 90.1 Å². The van der Waals surface area contributed by atoms with Crippen molar-refractivity contribution in [1.82, 2.24) is 10.6 Å². The van der Waals surface area contributed by atoms with Gasteiger partial charge in [0.1, 0.15) is 17.8 Å². The van der Waals surface area contributed by atoms with Crippen LogP contribution in [-0.4, -0.2) is 106 Å². The smallest absolute Gasteiger partial charge is 0.408 e. The Morgan fingerprint density at radius 3 is 2.16 bits per heavy atom. The number of benzene rings is 2. The summed E-state index contributed by atoms with van der Waals surface area (Å²) in [5, 5.41) is 41.4. The fourth-order valence-corrected chi connectivity index (χ4v) is 9.10. The van der Waals surface area contributed by atoms with Gasteiger partial charge in [0.2, 0.25) is 5.79 Å². The highest BCUT2D eigenvalue weighted by atomic mass is 16.7. The molecule has 0 radical (unpaired) electrons. The summed E-state index contributed by atoms with van der Waals surface area (Å²) >= 11 is 0. The number of aliphatic hydroxyl groups is 3. The van der Waals surface area contributed by atoms with E-state index < -0.39 is 100 Å². The van der Waals surface area contributed by atoms with E-state index in [0.717, 1.165) is 0 Å². The molecule has 2 bridgehead atoms. The molecule has 2 amide bonds. The van der Waals surface area contributed by atoms with E-state index in [4.69, 9.17) is 23.7 Å². The van der Waals surface area contributed by atoms with E-state index in [1.807, 2.05) is 0 Å². The first kappa shape index (κ1) is 41.9. The predicted octanol–water partition coefficient (Wildman–Crippen LogP) is 3.06. The largest absolute Gasteiger partial charge is 0.453 e. The number of ether oxygens (including phenoxy) is 5. The minimum absolute atomic E-state index is 0.105. The summed E-state index contributed by atoms with van der Waals surface area (Å²) in [4.78, 5) is 68.1. The van der Waals surface area contributed by atoms with Crippen LogP contribution >= 0.6 is 0 Å². The molecule has 2 aromatic rings. The second-order valence-corrected chi connectivity index (χ2v) is 17.1. The Labute approximate surface area is 331 Å². The molecule has 1 unspecified atom stereocenters. The summed E-state index contributed by atoms with van der Waals surface area (Å²) < 4.78 is 29.7. The topological polar surface area (TPSA) is 216 Å². The molecule has 10 atom stereocenters. The van der Waals surface area contributed by atoms with E-state index in [2.05, 4.69) is 10.6 Å². The van der Waals surface area contributed by atoms with Crippen molar-refractivity contribution in [3.8, 4) is 0 Å². The molecule has 1 saturated carbocycles. The van der Waals surface area contributed by atoms with Gasteiger partial charge in [-0.1, -0.05) is 68.0 Å². The number of fused-ring (bicyclic) bond motifs is 5. The third kappa shape index (κ3) is 7.13. The highest BCUT2D eigenvalue weighted by Gasteiger charge is 2.80. The molecule has 4 aliphatic rings. The summed E-state index contributed by atoms with van der Waals surface area (Å²) in [6, 6.07) is 15.2. The Bertz CT molecular complexity index is 1940. The lowest BCUT2D eigenvalue weighted by molar-refractivity contribution is -0.356. The van der Waals surface area contributed by atoms with Crippen LogP contribution in [0, 0.1) is 16.7 Å². The van der Waals surface area contributed by atoms with Crippen molar-refractivity contribution in [2.24, 2.45) is 16.7 Å². The van der Waals surface area contributed by atoms with Crippen molar-refractivity contribution >= 4 is 29.7 Å². The first-order valence-electron chi connectivity index (χ1n) is 19.0. The van der Waals surface area contributed by atoms with Gasteiger partial charge in [-0.2, -0.15) is 0 Å². The Morgan fingerprint density at radius 2 is 1.60 bits per heavy atom. The lowest BCUT2D eigenvalue weighted by atomic mass is 9.49. The molecule has 3 aliphatic heterocycles. The molecule has 1 aliphatic carbocycles. The number of esters is 2. The highest BCUT2D eigenvalue weighted by molar-refractivity contribution is 5.95. The van der Waals surface area contributed by atoms with Crippen LogP contribution in [0.15, 0.2) is 71.8 Å². The van der Waals surface area contributed by atoms with Crippen LogP contribution in [0.1, 0.15) is 83.8 Å². The van der Waals surface area contributed by atoms with Gasteiger partial charge in [-0.15, -0.1) is 0 Å². The summed E-state index contributed by atoms with van der Waals surface area (Å²) in [6.07, 6.45) is -8.29. The number of alkyl carbamates (subject to hydrolysis) is 1. The van der Waals surface area contributed by atoms with Crippen molar-refractivity contribution in [2.45, 2.75) is 115 Å². The molecule has 2 aromatic carbocycles. The third-order valence-corrected chi connectivity index (χ3v) is 11.9. The normalized spacial score (nSPS) is 33.2. The monoisotopic (exact) mass is 792 g/mol. The van der Waals surface area contributed by atoms with Gasteiger partial charge in [0.25, 0.3) is 5.91 Å². The fourth-order valence-electron chi connectivity index (χ4n) is 9.10. The van der Waals surface area contributed by atoms with E-state index in [-0.39, 0.29) is 30.7 Å². The number of Topliss-reactive ketones (excluding diaryl/α,β-unsaturated/α-hetero) is 1. The number of amides is 2. The van der Waals surface area contributed by atoms with Crippen LogP contribution in [0.25, 0.3) is 0 Å². The van der Waals surface area contributed by atoms with Crippen molar-refractivity contribution in [1.29, 1.82) is 0 Å². The molecular formula is C42H52N2O13. The Balaban J connectivity index is 1.38. The van der Waals surface area contributed by atoms with Gasteiger partial charge in [0.15, 0.2) is 23.6 Å². The number of hydrogen-bond donors (Lipinski definition) is 5. The van der Waals surface area contributed by atoms with Crippen molar-refractivity contribution in [3.05, 3.63) is 82.9 Å². The highest BCUT2D eigenvalue weighted by Crippen LogP contribution is 2.65. The van der Waals surface area contributed by atoms with Gasteiger partial charge in [-0.05, 0) is 57.9 Å². The maximum absolute atomic E-state index is 15.1. The lowest BCUT2D eigenvalue weighted by Gasteiger charge is -2.63. The minimum Gasteiger partial charge on any atom is -0.453 e. The summed E-state index contributed by atoms with van der Waals surface area (Å²) in [5.74, 6) is -6.90. The Morgan fingerprint density at radius 1 is 0.982 bits per heavy atom. The first-order valence-corrected chi connectivity index (χ1v) is 19.0. The van der Waals surface area contributed by atoms with Gasteiger partial charge in [-0.3, -0.25) is 14.4 Å². The zero-order valence-corrected chi connectivity index (χ0v) is 33.4. The van der Waals surface area contributed by atoms with Gasteiger partial charge < -0.3 is 49.6 Å². The first-order chi connectivity index (χ1) is 26.6. The van der Waals surface area contributed by atoms with Gasteiger partial charge in [0.05, 0.1) is 35.6 Å². The summed E-state index contributed by atoms with van der Waals surface area (Å²) in [6.45, 7) is 12.1. The molecule has 0 aromatic heterocycles. The third-order valence-electron chi connectivity index (χ3n) is 11.9. The van der Waals surface area contributed by atoms with Crippen molar-refractivity contribution in [3.63, 3.8) is 0 Å². The zero-order valence-electron chi connectivity index (χ0n) is 33.4. The van der Waals surface area contributed by atoms with Gasteiger partial charge in [0, 0.05) is 25.3 Å². The number of aliphatic hydroxyl groups excluding tert-OH is 2. The quantitative estimate of drug-likeness (QED) is 0.140. The van der Waals surface area contributed by atoms with Gasteiger partial charge >= 0.3 is 18.0 Å². The number of nitrogens with one attached hydrogen (secondary N) is 2. The molecule has 6 rings (SSSR count). The maximum atomic E-state index is 15.1. The van der Waals surface area contributed by atoms with Crippen LogP contribution in [0.2, 0.25) is 0 Å². The van der Waals surface area contributed by atoms with Crippen LogP contribution in [0.5, 0.6) is 0 Å². The van der Waals surface area contributed by atoms with E-state index in [0.29, 0.717) is 11.1 Å².